The van der Waals surface area contributed by atoms with E-state index in [1.807, 2.05) is 29.0 Å². The highest BCUT2D eigenvalue weighted by atomic mass is 16.4. The van der Waals surface area contributed by atoms with Crippen LogP contribution in [0, 0.1) is 0 Å². The van der Waals surface area contributed by atoms with Crippen molar-refractivity contribution in [1.29, 1.82) is 0 Å². The van der Waals surface area contributed by atoms with Crippen LogP contribution >= 0.6 is 0 Å². The summed E-state index contributed by atoms with van der Waals surface area (Å²) in [5, 5.41) is 15.8. The van der Waals surface area contributed by atoms with Gasteiger partial charge >= 0.3 is 5.97 Å². The summed E-state index contributed by atoms with van der Waals surface area (Å²) in [5.41, 5.74) is 4.99. The fraction of sp³-hybridized carbons (Fsp3) is 0. The Kier molecular flexibility index (Phi) is 2.94. The number of imidazole rings is 1. The third kappa shape index (κ3) is 2.26. The van der Waals surface area contributed by atoms with Crippen molar-refractivity contribution in [2.45, 2.75) is 0 Å². The average molecular weight is 304 g/mol. The Morgan fingerprint density at radius 3 is 2.61 bits per heavy atom. The molecule has 6 heteroatoms. The zero-order chi connectivity index (χ0) is 15.8. The number of fused-ring (bicyclic) bond motifs is 1. The summed E-state index contributed by atoms with van der Waals surface area (Å²) in [4.78, 5) is 15.4. The molecule has 0 saturated heterocycles. The van der Waals surface area contributed by atoms with Gasteiger partial charge in [0.05, 0.1) is 22.8 Å². The number of nitrogens with zero attached hydrogens (tertiary/aromatic N) is 3. The Hall–Kier alpha value is -3.41. The molecule has 0 saturated carbocycles. The minimum Gasteiger partial charge on any atom is -0.478 e. The molecule has 112 valence electrons. The van der Waals surface area contributed by atoms with Crippen LogP contribution in [-0.2, 0) is 0 Å². The highest BCUT2D eigenvalue weighted by Gasteiger charge is 2.08. The summed E-state index contributed by atoms with van der Waals surface area (Å²) in [7, 11) is 0. The van der Waals surface area contributed by atoms with Crippen LogP contribution in [0.15, 0.2) is 61.2 Å². The number of aromatic carboxylic acids is 1. The largest absolute Gasteiger partial charge is 0.478 e. The number of carbonyl (C=O) groups is 1. The monoisotopic (exact) mass is 304 g/mol. The van der Waals surface area contributed by atoms with E-state index in [0.29, 0.717) is 0 Å². The van der Waals surface area contributed by atoms with Gasteiger partial charge < -0.3 is 5.11 Å². The fourth-order valence-electron chi connectivity index (χ4n) is 2.57. The minimum atomic E-state index is -0.936. The van der Waals surface area contributed by atoms with Gasteiger partial charge in [0.1, 0.15) is 6.33 Å². The van der Waals surface area contributed by atoms with E-state index in [0.717, 1.165) is 27.8 Å². The highest BCUT2D eigenvalue weighted by molar-refractivity contribution is 5.88. The van der Waals surface area contributed by atoms with Crippen LogP contribution < -0.4 is 0 Å². The maximum atomic E-state index is 11.0. The first kappa shape index (κ1) is 13.3. The summed E-state index contributed by atoms with van der Waals surface area (Å²) in [6, 6.07) is 12.7. The molecular weight excluding hydrogens is 292 g/mol. The van der Waals surface area contributed by atoms with Crippen LogP contribution in [0.1, 0.15) is 10.4 Å². The number of hydrogen-bond acceptors (Lipinski definition) is 3. The molecule has 0 amide bonds. The first-order chi connectivity index (χ1) is 11.2. The summed E-state index contributed by atoms with van der Waals surface area (Å²) < 4.78 is 1.94. The van der Waals surface area contributed by atoms with Crippen molar-refractivity contribution in [2.24, 2.45) is 0 Å². The number of aromatic amines is 1. The summed E-state index contributed by atoms with van der Waals surface area (Å²) >= 11 is 0. The molecule has 0 fully saturated rings. The standard InChI is InChI=1S/C17H12N4O2/c22-17(23)11-1-4-14(5-2-11)21-10-18-15-6-3-12(7-16(15)21)13-8-19-20-9-13/h1-10H,(H,19,20)(H,22,23). The quantitative estimate of drug-likeness (QED) is 0.609. The zero-order valence-corrected chi connectivity index (χ0v) is 12.0. The molecule has 0 spiro atoms. The Morgan fingerprint density at radius 2 is 1.91 bits per heavy atom. The van der Waals surface area contributed by atoms with E-state index in [4.69, 9.17) is 5.11 Å². The van der Waals surface area contributed by atoms with Crippen molar-refractivity contribution in [1.82, 2.24) is 19.7 Å². The number of carboxylic acid groups (broad SMARTS) is 1. The van der Waals surface area contributed by atoms with E-state index in [1.165, 1.54) is 0 Å². The van der Waals surface area contributed by atoms with Crippen molar-refractivity contribution in [3.63, 3.8) is 0 Å². The van der Waals surface area contributed by atoms with Crippen molar-refractivity contribution in [3.8, 4) is 16.8 Å². The van der Waals surface area contributed by atoms with Gasteiger partial charge in [0.25, 0.3) is 0 Å². The topological polar surface area (TPSA) is 83.8 Å². The second-order valence-electron chi connectivity index (χ2n) is 5.16. The molecule has 2 aromatic heterocycles. The number of benzene rings is 2. The molecule has 2 heterocycles. The Bertz CT molecular complexity index is 985. The Morgan fingerprint density at radius 1 is 1.09 bits per heavy atom. The van der Waals surface area contributed by atoms with Gasteiger partial charge in [0.2, 0.25) is 0 Å². The van der Waals surface area contributed by atoms with Crippen molar-refractivity contribution >= 4 is 17.0 Å². The molecule has 0 unspecified atom stereocenters. The number of rotatable bonds is 3. The summed E-state index contributed by atoms with van der Waals surface area (Å²) in [6.45, 7) is 0. The van der Waals surface area contributed by atoms with Gasteiger partial charge in [0, 0.05) is 17.4 Å². The van der Waals surface area contributed by atoms with Crippen molar-refractivity contribution in [3.05, 3.63) is 66.7 Å². The third-order valence-corrected chi connectivity index (χ3v) is 3.77. The lowest BCUT2D eigenvalue weighted by molar-refractivity contribution is 0.0697. The van der Waals surface area contributed by atoms with Gasteiger partial charge in [-0.15, -0.1) is 0 Å². The average Bonchev–Trinajstić information content (AvgIpc) is 3.24. The molecule has 2 N–H and O–H groups in total. The van der Waals surface area contributed by atoms with Crippen LogP contribution in [0.2, 0.25) is 0 Å². The van der Waals surface area contributed by atoms with Gasteiger partial charge in [-0.1, -0.05) is 6.07 Å². The van der Waals surface area contributed by atoms with E-state index in [-0.39, 0.29) is 5.56 Å². The van der Waals surface area contributed by atoms with E-state index < -0.39 is 5.97 Å². The molecule has 0 bridgehead atoms. The number of hydrogen-bond donors (Lipinski definition) is 2. The van der Waals surface area contributed by atoms with E-state index in [9.17, 15) is 4.79 Å². The predicted molar refractivity (Wildman–Crippen MR) is 85.6 cm³/mol. The molecule has 0 aliphatic carbocycles. The van der Waals surface area contributed by atoms with Gasteiger partial charge in [-0.25, -0.2) is 9.78 Å². The van der Waals surface area contributed by atoms with E-state index >= 15 is 0 Å². The lowest BCUT2D eigenvalue weighted by Gasteiger charge is -2.06. The smallest absolute Gasteiger partial charge is 0.335 e. The highest BCUT2D eigenvalue weighted by Crippen LogP contribution is 2.25. The van der Waals surface area contributed by atoms with Crippen molar-refractivity contribution < 1.29 is 9.90 Å². The number of aromatic nitrogens is 4. The molecule has 6 nitrogen and oxygen atoms in total. The van der Waals surface area contributed by atoms with Gasteiger partial charge in [0.15, 0.2) is 0 Å². The van der Waals surface area contributed by atoms with E-state index in [2.05, 4.69) is 15.2 Å². The molecule has 0 atom stereocenters. The second kappa shape index (κ2) is 5.10. The van der Waals surface area contributed by atoms with Gasteiger partial charge in [-0.2, -0.15) is 5.10 Å². The lowest BCUT2D eigenvalue weighted by Crippen LogP contribution is -1.97. The normalized spacial score (nSPS) is 11.0. The number of nitrogens with one attached hydrogen (secondary N) is 1. The Balaban J connectivity index is 1.83. The molecule has 23 heavy (non-hydrogen) atoms. The molecule has 0 aliphatic heterocycles. The van der Waals surface area contributed by atoms with Gasteiger partial charge in [-0.05, 0) is 42.0 Å². The molecule has 4 rings (SSSR count). The molecule has 0 aliphatic rings. The van der Waals surface area contributed by atoms with Crippen LogP contribution in [0.4, 0.5) is 0 Å². The maximum absolute atomic E-state index is 11.0. The van der Waals surface area contributed by atoms with Crippen LogP contribution in [0.25, 0.3) is 27.8 Å². The third-order valence-electron chi connectivity index (χ3n) is 3.77. The summed E-state index contributed by atoms with van der Waals surface area (Å²) in [6.07, 6.45) is 5.34. The molecular formula is C17H12N4O2. The lowest BCUT2D eigenvalue weighted by atomic mass is 10.1. The number of H-pyrrole nitrogens is 1. The van der Waals surface area contributed by atoms with Crippen LogP contribution in [0.3, 0.4) is 0 Å². The zero-order valence-electron chi connectivity index (χ0n) is 12.0. The van der Waals surface area contributed by atoms with Crippen LogP contribution in [0.5, 0.6) is 0 Å². The van der Waals surface area contributed by atoms with Gasteiger partial charge in [-0.3, -0.25) is 9.67 Å². The molecule has 2 aromatic carbocycles. The predicted octanol–water partition coefficient (Wildman–Crippen LogP) is 3.11. The number of carboxylic acids is 1. The first-order valence-electron chi connectivity index (χ1n) is 7.02. The summed E-state index contributed by atoms with van der Waals surface area (Å²) in [5.74, 6) is -0.936. The van der Waals surface area contributed by atoms with Crippen molar-refractivity contribution in [2.75, 3.05) is 0 Å². The molecule has 4 aromatic rings. The van der Waals surface area contributed by atoms with E-state index in [1.54, 1.807) is 36.8 Å². The fourth-order valence-corrected chi connectivity index (χ4v) is 2.57. The second-order valence-corrected chi connectivity index (χ2v) is 5.16. The first-order valence-corrected chi connectivity index (χ1v) is 7.02. The Labute approximate surface area is 131 Å². The molecule has 0 radical (unpaired) electrons. The van der Waals surface area contributed by atoms with Crippen LogP contribution in [-0.4, -0.2) is 30.8 Å². The minimum absolute atomic E-state index is 0.261. The maximum Gasteiger partial charge on any atom is 0.335 e. The SMILES string of the molecule is O=C(O)c1ccc(-n2cnc3ccc(-c4cn[nH]c4)cc32)cc1.